The van der Waals surface area contributed by atoms with Gasteiger partial charge in [-0.1, -0.05) is 0 Å². The Morgan fingerprint density at radius 3 is 2.31 bits per heavy atom. The summed E-state index contributed by atoms with van der Waals surface area (Å²) in [6.07, 6.45) is 1.04. The van der Waals surface area contributed by atoms with E-state index in [4.69, 9.17) is 14.8 Å². The van der Waals surface area contributed by atoms with Crippen LogP contribution in [0.5, 0.6) is 11.5 Å². The van der Waals surface area contributed by atoms with Crippen LogP contribution in [-0.4, -0.2) is 39.2 Å². The topological polar surface area (TPSA) is 93.1 Å². The molecule has 0 spiro atoms. The van der Waals surface area contributed by atoms with Gasteiger partial charge in [0.05, 0.1) is 12.0 Å². The molecule has 6 nitrogen and oxygen atoms in total. The molecule has 0 saturated heterocycles. The molecule has 0 radical (unpaired) electrons. The summed E-state index contributed by atoms with van der Waals surface area (Å²) in [5, 5.41) is 17.3. The van der Waals surface area contributed by atoms with E-state index >= 15 is 0 Å². The van der Waals surface area contributed by atoms with Gasteiger partial charge in [0, 0.05) is 12.3 Å². The molecule has 0 amide bonds. The van der Waals surface area contributed by atoms with Gasteiger partial charge in [0.25, 0.3) is 0 Å². The SMILES string of the molecule is COc1ccc(S(C)(=O)=O)cc1OB(O)O. The van der Waals surface area contributed by atoms with Crippen molar-refractivity contribution in [1.82, 2.24) is 0 Å². The second-order valence-corrected chi connectivity index (χ2v) is 5.04. The molecule has 0 atom stereocenters. The number of benzene rings is 1. The minimum Gasteiger partial charge on any atom is -0.509 e. The van der Waals surface area contributed by atoms with Gasteiger partial charge in [-0.25, -0.2) is 8.42 Å². The fourth-order valence-corrected chi connectivity index (χ4v) is 1.73. The lowest BCUT2D eigenvalue weighted by Crippen LogP contribution is -2.21. The maximum Gasteiger partial charge on any atom is 0.707 e. The average molecular weight is 246 g/mol. The molecule has 0 saturated carbocycles. The van der Waals surface area contributed by atoms with Crippen molar-refractivity contribution in [3.8, 4) is 11.5 Å². The highest BCUT2D eigenvalue weighted by Gasteiger charge is 2.17. The third kappa shape index (κ3) is 3.12. The molecule has 0 heterocycles. The van der Waals surface area contributed by atoms with Gasteiger partial charge in [0.15, 0.2) is 15.6 Å². The van der Waals surface area contributed by atoms with Crippen molar-refractivity contribution in [3.05, 3.63) is 18.2 Å². The van der Waals surface area contributed by atoms with Crippen molar-refractivity contribution in [2.45, 2.75) is 4.90 Å². The van der Waals surface area contributed by atoms with E-state index in [-0.39, 0.29) is 16.4 Å². The van der Waals surface area contributed by atoms with Gasteiger partial charge in [0.1, 0.15) is 5.75 Å². The van der Waals surface area contributed by atoms with Crippen LogP contribution in [0, 0.1) is 0 Å². The van der Waals surface area contributed by atoms with Crippen molar-refractivity contribution in [3.63, 3.8) is 0 Å². The first-order valence-corrected chi connectivity index (χ1v) is 6.14. The number of ether oxygens (including phenoxy) is 1. The van der Waals surface area contributed by atoms with Gasteiger partial charge in [-0.2, -0.15) is 0 Å². The quantitative estimate of drug-likeness (QED) is 0.692. The zero-order chi connectivity index (χ0) is 12.3. The third-order valence-electron chi connectivity index (χ3n) is 1.80. The highest BCUT2D eigenvalue weighted by atomic mass is 32.2. The van der Waals surface area contributed by atoms with Crippen LogP contribution in [0.3, 0.4) is 0 Å². The van der Waals surface area contributed by atoms with Gasteiger partial charge in [-0.05, 0) is 12.1 Å². The molecule has 1 aromatic carbocycles. The molecule has 0 aliphatic carbocycles. The van der Waals surface area contributed by atoms with E-state index in [1.807, 2.05) is 0 Å². The number of rotatable bonds is 4. The lowest BCUT2D eigenvalue weighted by Gasteiger charge is -2.11. The molecule has 0 unspecified atom stereocenters. The third-order valence-corrected chi connectivity index (χ3v) is 2.91. The smallest absolute Gasteiger partial charge is 0.509 e. The highest BCUT2D eigenvalue weighted by Crippen LogP contribution is 2.29. The Labute approximate surface area is 93.5 Å². The van der Waals surface area contributed by atoms with E-state index in [1.165, 1.54) is 19.2 Å². The Balaban J connectivity index is 3.21. The molecule has 0 fully saturated rings. The van der Waals surface area contributed by atoms with E-state index in [2.05, 4.69) is 4.65 Å². The molecule has 88 valence electrons. The number of sulfone groups is 1. The number of methoxy groups -OCH3 is 1. The maximum atomic E-state index is 11.2. The fourth-order valence-electron chi connectivity index (χ4n) is 1.09. The van der Waals surface area contributed by atoms with Crippen LogP contribution in [0.15, 0.2) is 23.1 Å². The van der Waals surface area contributed by atoms with Gasteiger partial charge in [-0.15, -0.1) is 0 Å². The van der Waals surface area contributed by atoms with Crippen molar-refractivity contribution in [2.75, 3.05) is 13.4 Å². The van der Waals surface area contributed by atoms with Crippen LogP contribution in [0.4, 0.5) is 0 Å². The normalized spacial score (nSPS) is 11.0. The van der Waals surface area contributed by atoms with E-state index < -0.39 is 17.2 Å². The van der Waals surface area contributed by atoms with Crippen LogP contribution in [-0.2, 0) is 9.84 Å². The largest absolute Gasteiger partial charge is 0.707 e. The van der Waals surface area contributed by atoms with Crippen LogP contribution in [0.2, 0.25) is 0 Å². The molecule has 0 aliphatic heterocycles. The molecule has 8 heteroatoms. The Bertz CT molecular complexity index is 469. The second kappa shape index (κ2) is 4.73. The summed E-state index contributed by atoms with van der Waals surface area (Å²) in [7, 11) is -4.07. The minimum absolute atomic E-state index is 0.00366. The molecule has 2 N–H and O–H groups in total. The monoisotopic (exact) mass is 246 g/mol. The van der Waals surface area contributed by atoms with Crippen LogP contribution in [0.1, 0.15) is 0 Å². The summed E-state index contributed by atoms with van der Waals surface area (Å²) in [6.45, 7) is 0. The van der Waals surface area contributed by atoms with E-state index in [9.17, 15) is 8.42 Å². The molecule has 0 aromatic heterocycles. The molecule has 0 aliphatic rings. The average Bonchev–Trinajstić information content (AvgIpc) is 2.15. The molecule has 0 bridgehead atoms. The Morgan fingerprint density at radius 1 is 1.25 bits per heavy atom. The summed E-state index contributed by atoms with van der Waals surface area (Å²) in [5.74, 6) is 0.154. The lowest BCUT2D eigenvalue weighted by atomic mass is 10.2. The Hall–Kier alpha value is -1.25. The van der Waals surface area contributed by atoms with E-state index in [0.29, 0.717) is 0 Å². The summed E-state index contributed by atoms with van der Waals surface area (Å²) < 4.78 is 32.0. The molecule has 16 heavy (non-hydrogen) atoms. The molecular weight excluding hydrogens is 235 g/mol. The van der Waals surface area contributed by atoms with Crippen molar-refractivity contribution >= 4 is 17.2 Å². The molecular formula is C8H11BO6S. The first-order valence-electron chi connectivity index (χ1n) is 4.25. The Morgan fingerprint density at radius 2 is 1.88 bits per heavy atom. The van der Waals surface area contributed by atoms with Crippen molar-refractivity contribution in [1.29, 1.82) is 0 Å². The van der Waals surface area contributed by atoms with E-state index in [0.717, 1.165) is 12.3 Å². The highest BCUT2D eigenvalue weighted by molar-refractivity contribution is 7.90. The standard InChI is InChI=1S/C8H11BO6S/c1-14-7-4-3-6(16(2,12)13)5-8(7)15-9(10)11/h3-5,10-11H,1-2H3. The van der Waals surface area contributed by atoms with Crippen LogP contribution in [0.25, 0.3) is 0 Å². The Kier molecular flexibility index (Phi) is 3.79. The zero-order valence-electron chi connectivity index (χ0n) is 8.75. The predicted octanol–water partition coefficient (Wildman–Crippen LogP) is -0.553. The number of hydrogen-bond acceptors (Lipinski definition) is 6. The lowest BCUT2D eigenvalue weighted by molar-refractivity contribution is 0.279. The summed E-state index contributed by atoms with van der Waals surface area (Å²) in [4.78, 5) is 0.00366. The first kappa shape index (κ1) is 12.8. The minimum atomic E-state index is -3.38. The molecule has 1 rings (SSSR count). The summed E-state index contributed by atoms with van der Waals surface area (Å²) in [5.41, 5.74) is 0. The predicted molar refractivity (Wildman–Crippen MR) is 56.9 cm³/mol. The summed E-state index contributed by atoms with van der Waals surface area (Å²) in [6, 6.07) is 3.87. The van der Waals surface area contributed by atoms with E-state index in [1.54, 1.807) is 0 Å². The van der Waals surface area contributed by atoms with Gasteiger partial charge in [-0.3, -0.25) is 0 Å². The number of hydrogen-bond donors (Lipinski definition) is 2. The zero-order valence-corrected chi connectivity index (χ0v) is 9.56. The van der Waals surface area contributed by atoms with Crippen LogP contribution >= 0.6 is 0 Å². The van der Waals surface area contributed by atoms with Gasteiger partial charge < -0.3 is 19.4 Å². The maximum absolute atomic E-state index is 11.2. The summed E-state index contributed by atoms with van der Waals surface area (Å²) >= 11 is 0. The van der Waals surface area contributed by atoms with Crippen LogP contribution < -0.4 is 9.39 Å². The molecule has 1 aromatic rings. The van der Waals surface area contributed by atoms with Crippen molar-refractivity contribution in [2.24, 2.45) is 0 Å². The first-order chi connectivity index (χ1) is 7.34. The van der Waals surface area contributed by atoms with Crippen molar-refractivity contribution < 1.29 is 27.9 Å². The van der Waals surface area contributed by atoms with Gasteiger partial charge in [0.2, 0.25) is 0 Å². The fraction of sp³-hybridized carbons (Fsp3) is 0.250. The second-order valence-electron chi connectivity index (χ2n) is 3.03. The van der Waals surface area contributed by atoms with Gasteiger partial charge >= 0.3 is 7.32 Å².